The number of hydrogen-bond acceptors (Lipinski definition) is 4. The second kappa shape index (κ2) is 8.55. The van der Waals surface area contributed by atoms with Crippen molar-refractivity contribution in [3.63, 3.8) is 0 Å². The molecular formula is C21H21ClF3NO4. The smallest absolute Gasteiger partial charge is 0.423 e. The summed E-state index contributed by atoms with van der Waals surface area (Å²) in [6, 6.07) is 6.13. The lowest BCUT2D eigenvalue weighted by Gasteiger charge is -2.20. The van der Waals surface area contributed by atoms with Crippen LogP contribution in [0.25, 0.3) is 0 Å². The molecule has 0 saturated carbocycles. The minimum Gasteiger partial charge on any atom is -0.506 e. The number of primary amides is 1. The van der Waals surface area contributed by atoms with E-state index in [-0.39, 0.29) is 23.6 Å². The van der Waals surface area contributed by atoms with Crippen LogP contribution in [0.15, 0.2) is 30.3 Å². The molecule has 2 aromatic rings. The maximum Gasteiger partial charge on any atom is 0.423 e. The number of hydrogen-bond donors (Lipinski definition) is 2. The fourth-order valence-corrected chi connectivity index (χ4v) is 2.98. The van der Waals surface area contributed by atoms with Crippen molar-refractivity contribution < 1.29 is 32.6 Å². The van der Waals surface area contributed by atoms with Gasteiger partial charge >= 0.3 is 6.18 Å². The normalized spacial score (nSPS) is 12.0. The van der Waals surface area contributed by atoms with Crippen molar-refractivity contribution in [2.75, 3.05) is 0 Å². The number of halogens is 4. The molecule has 0 bridgehead atoms. The third-order valence-electron chi connectivity index (χ3n) is 4.14. The molecule has 0 aliphatic carbocycles. The molecule has 2 aromatic carbocycles. The van der Waals surface area contributed by atoms with Gasteiger partial charge < -0.3 is 15.6 Å². The Morgan fingerprint density at radius 2 is 1.77 bits per heavy atom. The van der Waals surface area contributed by atoms with Crippen molar-refractivity contribution in [3.05, 3.63) is 57.6 Å². The molecule has 0 atom stereocenters. The summed E-state index contributed by atoms with van der Waals surface area (Å²) in [6.45, 7) is 4.92. The molecule has 0 spiro atoms. The van der Waals surface area contributed by atoms with E-state index in [0.717, 1.165) is 12.1 Å². The summed E-state index contributed by atoms with van der Waals surface area (Å²) >= 11 is 6.02. The summed E-state index contributed by atoms with van der Waals surface area (Å²) in [6.07, 6.45) is -5.00. The van der Waals surface area contributed by atoms with Gasteiger partial charge in [-0.05, 0) is 29.7 Å². The van der Waals surface area contributed by atoms with E-state index >= 15 is 0 Å². The van der Waals surface area contributed by atoms with E-state index in [2.05, 4.69) is 0 Å². The number of Topliss-reactive ketones (excluding diaryl/α,β-unsaturated/α-hetero) is 1. The summed E-state index contributed by atoms with van der Waals surface area (Å²) in [5, 5.41) is 10.3. The fourth-order valence-electron chi connectivity index (χ4n) is 2.74. The number of phenols is 1. The molecular weight excluding hydrogens is 423 g/mol. The van der Waals surface area contributed by atoms with Crippen molar-refractivity contribution in [2.45, 2.75) is 40.0 Å². The highest BCUT2D eigenvalue weighted by Gasteiger charge is 2.40. The molecule has 3 N–H and O–H groups in total. The van der Waals surface area contributed by atoms with Gasteiger partial charge in [-0.2, -0.15) is 13.2 Å². The standard InChI is InChI=1S/C21H21ClF3NO4/c1-20(2,3)9-15(27)13-6-7-16(17(18(13)28)21(23,24)25)30-10-12-5-4-11(19(26)29)8-14(12)22/h4-8,28H,9-10H2,1-3H3,(H2,26,29). The number of carbonyl (C=O) groups is 2. The number of ether oxygens (including phenoxy) is 1. The van der Waals surface area contributed by atoms with E-state index in [1.54, 1.807) is 20.8 Å². The van der Waals surface area contributed by atoms with Gasteiger partial charge in [0, 0.05) is 22.6 Å². The zero-order valence-electron chi connectivity index (χ0n) is 16.6. The summed E-state index contributed by atoms with van der Waals surface area (Å²) in [7, 11) is 0. The summed E-state index contributed by atoms with van der Waals surface area (Å²) in [5.41, 5.74) is 3.27. The van der Waals surface area contributed by atoms with Gasteiger partial charge in [0.1, 0.15) is 23.7 Å². The molecule has 0 saturated heterocycles. The van der Waals surface area contributed by atoms with E-state index in [4.69, 9.17) is 22.1 Å². The van der Waals surface area contributed by atoms with Crippen molar-refractivity contribution in [1.82, 2.24) is 0 Å². The molecule has 2 rings (SSSR count). The average molecular weight is 444 g/mol. The Hall–Kier alpha value is -2.74. The first-order chi connectivity index (χ1) is 13.7. The van der Waals surface area contributed by atoms with Crippen LogP contribution in [0, 0.1) is 5.41 Å². The summed E-state index contributed by atoms with van der Waals surface area (Å²) in [4.78, 5) is 23.5. The zero-order chi connectivity index (χ0) is 22.9. The van der Waals surface area contributed by atoms with Crippen molar-refractivity contribution in [3.8, 4) is 11.5 Å². The van der Waals surface area contributed by atoms with Crippen molar-refractivity contribution in [2.24, 2.45) is 11.1 Å². The number of benzene rings is 2. The maximum atomic E-state index is 13.6. The molecule has 0 aliphatic heterocycles. The lowest BCUT2D eigenvalue weighted by Crippen LogP contribution is -2.16. The van der Waals surface area contributed by atoms with Gasteiger partial charge in [-0.1, -0.05) is 38.4 Å². The van der Waals surface area contributed by atoms with Crippen LogP contribution in [0.1, 0.15) is 59.0 Å². The maximum absolute atomic E-state index is 13.6. The van der Waals surface area contributed by atoms with Gasteiger partial charge in [0.15, 0.2) is 5.78 Å². The Balaban J connectivity index is 2.38. The van der Waals surface area contributed by atoms with Crippen molar-refractivity contribution in [1.29, 1.82) is 0 Å². The van der Waals surface area contributed by atoms with Crippen LogP contribution in [0.4, 0.5) is 13.2 Å². The monoisotopic (exact) mass is 443 g/mol. The number of phenolic OH excluding ortho intramolecular Hbond substituents is 1. The van der Waals surface area contributed by atoms with Gasteiger partial charge in [-0.15, -0.1) is 0 Å². The van der Waals surface area contributed by atoms with E-state index in [1.165, 1.54) is 18.2 Å². The minimum absolute atomic E-state index is 0.0418. The second-order valence-electron chi connectivity index (χ2n) is 7.95. The van der Waals surface area contributed by atoms with E-state index in [0.29, 0.717) is 5.56 Å². The van der Waals surface area contributed by atoms with Crippen LogP contribution in [0.3, 0.4) is 0 Å². The number of alkyl halides is 3. The Kier molecular flexibility index (Phi) is 6.71. The highest BCUT2D eigenvalue weighted by atomic mass is 35.5. The van der Waals surface area contributed by atoms with Crippen LogP contribution in [-0.4, -0.2) is 16.8 Å². The third-order valence-corrected chi connectivity index (χ3v) is 4.49. The predicted octanol–water partition coefficient (Wildman–Crippen LogP) is 5.36. The number of carbonyl (C=O) groups excluding carboxylic acids is 2. The average Bonchev–Trinajstić information content (AvgIpc) is 2.57. The van der Waals surface area contributed by atoms with Crippen LogP contribution >= 0.6 is 11.6 Å². The van der Waals surface area contributed by atoms with Crippen LogP contribution in [0.2, 0.25) is 5.02 Å². The van der Waals surface area contributed by atoms with Crippen LogP contribution in [0.5, 0.6) is 11.5 Å². The highest BCUT2D eigenvalue weighted by molar-refractivity contribution is 6.31. The first-order valence-corrected chi connectivity index (χ1v) is 9.26. The predicted molar refractivity (Wildman–Crippen MR) is 106 cm³/mol. The number of aromatic hydroxyl groups is 1. The largest absolute Gasteiger partial charge is 0.506 e. The first kappa shape index (κ1) is 23.5. The number of ketones is 1. The van der Waals surface area contributed by atoms with Gasteiger partial charge in [0.25, 0.3) is 0 Å². The Morgan fingerprint density at radius 1 is 1.13 bits per heavy atom. The molecule has 0 unspecified atom stereocenters. The number of amides is 1. The molecule has 162 valence electrons. The highest BCUT2D eigenvalue weighted by Crippen LogP contribution is 2.44. The summed E-state index contributed by atoms with van der Waals surface area (Å²) in [5.74, 6) is -3.14. The Bertz CT molecular complexity index is 981. The molecule has 0 aromatic heterocycles. The fraction of sp³-hybridized carbons (Fsp3) is 0.333. The first-order valence-electron chi connectivity index (χ1n) is 8.88. The van der Waals surface area contributed by atoms with E-state index in [9.17, 15) is 27.9 Å². The molecule has 0 fully saturated rings. The second-order valence-corrected chi connectivity index (χ2v) is 8.36. The minimum atomic E-state index is -4.96. The van der Waals surface area contributed by atoms with E-state index < -0.39 is 45.9 Å². The zero-order valence-corrected chi connectivity index (χ0v) is 17.3. The topological polar surface area (TPSA) is 89.6 Å². The van der Waals surface area contributed by atoms with Crippen molar-refractivity contribution >= 4 is 23.3 Å². The Labute approximate surface area is 176 Å². The van der Waals surface area contributed by atoms with Gasteiger partial charge in [0.2, 0.25) is 5.91 Å². The summed E-state index contributed by atoms with van der Waals surface area (Å²) < 4.78 is 46.1. The lowest BCUT2D eigenvalue weighted by atomic mass is 9.87. The SMILES string of the molecule is CC(C)(C)CC(=O)c1ccc(OCc2ccc(C(N)=O)cc2Cl)c(C(F)(F)F)c1O. The quantitative estimate of drug-likeness (QED) is 0.588. The lowest BCUT2D eigenvalue weighted by molar-refractivity contribution is -0.140. The molecule has 5 nitrogen and oxygen atoms in total. The van der Waals surface area contributed by atoms with Gasteiger partial charge in [-0.25, -0.2) is 0 Å². The molecule has 0 radical (unpaired) electrons. The molecule has 30 heavy (non-hydrogen) atoms. The number of rotatable bonds is 6. The Morgan fingerprint density at radius 3 is 2.27 bits per heavy atom. The molecule has 1 amide bonds. The molecule has 0 heterocycles. The third kappa shape index (κ3) is 5.66. The molecule has 0 aliphatic rings. The van der Waals surface area contributed by atoms with Crippen LogP contribution < -0.4 is 10.5 Å². The van der Waals surface area contributed by atoms with Gasteiger partial charge in [-0.3, -0.25) is 9.59 Å². The van der Waals surface area contributed by atoms with Crippen LogP contribution in [-0.2, 0) is 12.8 Å². The number of nitrogens with two attached hydrogens (primary N) is 1. The van der Waals surface area contributed by atoms with Gasteiger partial charge in [0.05, 0.1) is 5.56 Å². The van der Waals surface area contributed by atoms with E-state index in [1.807, 2.05) is 0 Å². The molecule has 9 heteroatoms.